The Hall–Kier alpha value is -1.59. The van der Waals surface area contributed by atoms with Gasteiger partial charge >= 0.3 is 6.18 Å². The maximum absolute atomic E-state index is 13.9. The quantitative estimate of drug-likeness (QED) is 0.256. The number of benzene rings is 1. The Morgan fingerprint density at radius 1 is 1.17 bits per heavy atom. The van der Waals surface area contributed by atoms with Crippen LogP contribution in [-0.2, 0) is 0 Å². The van der Waals surface area contributed by atoms with Crippen LogP contribution in [0.3, 0.4) is 0 Å². The van der Waals surface area contributed by atoms with Gasteiger partial charge in [0.2, 0.25) is 0 Å². The molecule has 0 saturated carbocycles. The first kappa shape index (κ1) is 23.7. The molecule has 4 nitrogen and oxygen atoms in total. The highest BCUT2D eigenvalue weighted by Gasteiger charge is 2.28. The van der Waals surface area contributed by atoms with E-state index < -0.39 is 29.9 Å². The molecule has 0 aliphatic heterocycles. The maximum atomic E-state index is 13.9. The average Bonchev–Trinajstić information content (AvgIpc) is 2.62. The first-order chi connectivity index (χ1) is 13.6. The van der Waals surface area contributed by atoms with Gasteiger partial charge in [-0.3, -0.25) is 0 Å². The van der Waals surface area contributed by atoms with Crippen LogP contribution in [-0.4, -0.2) is 35.0 Å². The predicted molar refractivity (Wildman–Crippen MR) is 98.8 cm³/mol. The van der Waals surface area contributed by atoms with Gasteiger partial charge in [0.1, 0.15) is 22.9 Å². The monoisotopic (exact) mass is 479 g/mol. The molecule has 2 rings (SSSR count). The van der Waals surface area contributed by atoms with Crippen molar-refractivity contribution in [1.82, 2.24) is 9.97 Å². The van der Waals surface area contributed by atoms with Gasteiger partial charge in [-0.15, -0.1) is 11.8 Å². The van der Waals surface area contributed by atoms with Crippen LogP contribution in [0.4, 0.5) is 32.2 Å². The summed E-state index contributed by atoms with van der Waals surface area (Å²) in [5, 5.41) is 2.27. The molecule has 0 saturated heterocycles. The van der Waals surface area contributed by atoms with Crippen LogP contribution in [0, 0.1) is 5.82 Å². The number of hydrogen-bond donors (Lipinski definition) is 1. The molecule has 0 atom stereocenters. The summed E-state index contributed by atoms with van der Waals surface area (Å²) in [6.07, 6.45) is -6.03. The number of rotatable bonds is 9. The van der Waals surface area contributed by atoms with E-state index in [4.69, 9.17) is 27.9 Å². The average molecular weight is 480 g/mol. The molecule has 0 bridgehead atoms. The van der Waals surface area contributed by atoms with Crippen LogP contribution in [0.1, 0.15) is 18.5 Å². The van der Waals surface area contributed by atoms with Crippen LogP contribution < -0.4 is 10.1 Å². The molecule has 0 unspecified atom stereocenters. The summed E-state index contributed by atoms with van der Waals surface area (Å²) in [7, 11) is 0. The van der Waals surface area contributed by atoms with Crippen molar-refractivity contribution in [2.45, 2.75) is 23.9 Å². The summed E-state index contributed by atoms with van der Waals surface area (Å²) >= 11 is 12.0. The lowest BCUT2D eigenvalue weighted by Gasteiger charge is -2.12. The lowest BCUT2D eigenvalue weighted by molar-refractivity contribution is -0.105. The minimum Gasteiger partial charge on any atom is -0.490 e. The molecule has 13 heteroatoms. The second kappa shape index (κ2) is 10.4. The van der Waals surface area contributed by atoms with Gasteiger partial charge in [-0.1, -0.05) is 23.2 Å². The van der Waals surface area contributed by atoms with E-state index in [9.17, 15) is 26.3 Å². The number of nitrogens with zero attached hydrogens (tertiary/aromatic N) is 2. The van der Waals surface area contributed by atoms with Crippen molar-refractivity contribution in [1.29, 1.82) is 0 Å². The fraction of sp³-hybridized carbons (Fsp3) is 0.375. The number of aromatic nitrogens is 2. The topological polar surface area (TPSA) is 47.0 Å². The van der Waals surface area contributed by atoms with Crippen molar-refractivity contribution < 1.29 is 31.1 Å². The number of thioether (sulfide) groups is 1. The predicted octanol–water partition coefficient (Wildman–Crippen LogP) is 6.40. The first-order valence-electron chi connectivity index (χ1n) is 7.92. The Morgan fingerprint density at radius 2 is 1.90 bits per heavy atom. The van der Waals surface area contributed by atoms with Crippen molar-refractivity contribution in [3.8, 4) is 5.75 Å². The van der Waals surface area contributed by atoms with Crippen LogP contribution in [0.5, 0.6) is 5.75 Å². The third-order valence-electron chi connectivity index (χ3n) is 3.27. The number of anilines is 1. The fourth-order valence-corrected chi connectivity index (χ4v) is 3.28. The normalized spacial score (nSPS) is 11.8. The summed E-state index contributed by atoms with van der Waals surface area (Å²) in [4.78, 5) is 7.18. The van der Waals surface area contributed by atoms with Crippen LogP contribution in [0.25, 0.3) is 0 Å². The first-order valence-corrected chi connectivity index (χ1v) is 9.66. The van der Waals surface area contributed by atoms with Gasteiger partial charge in [-0.05, 0) is 18.6 Å². The lowest BCUT2D eigenvalue weighted by Crippen LogP contribution is -2.11. The number of nitrogens with one attached hydrogen (secondary N) is 1. The van der Waals surface area contributed by atoms with Gasteiger partial charge in [-0.2, -0.15) is 13.2 Å². The summed E-state index contributed by atoms with van der Waals surface area (Å²) in [6.45, 7) is 0.184. The van der Waals surface area contributed by atoms with E-state index in [1.807, 2.05) is 0 Å². The lowest BCUT2D eigenvalue weighted by atomic mass is 10.3. The molecule has 0 spiro atoms. The van der Waals surface area contributed by atoms with Crippen molar-refractivity contribution in [2.75, 3.05) is 24.2 Å². The zero-order valence-corrected chi connectivity index (χ0v) is 16.7. The van der Waals surface area contributed by atoms with E-state index in [0.29, 0.717) is 11.8 Å². The molecule has 0 radical (unpaired) electrons. The minimum atomic E-state index is -4.40. The molecule has 0 fully saturated rings. The second-order valence-electron chi connectivity index (χ2n) is 5.47. The van der Waals surface area contributed by atoms with Gasteiger partial charge in [0.15, 0.2) is 11.6 Å². The van der Waals surface area contributed by atoms with Gasteiger partial charge < -0.3 is 10.1 Å². The van der Waals surface area contributed by atoms with Gasteiger partial charge in [0, 0.05) is 11.4 Å². The fourth-order valence-electron chi connectivity index (χ4n) is 2.01. The Balaban J connectivity index is 1.88. The summed E-state index contributed by atoms with van der Waals surface area (Å²) in [6, 6.07) is 1.97. The number of halogens is 8. The minimum absolute atomic E-state index is 0.0143. The standard InChI is InChI=1S/C16H13Cl2F6N3OS/c17-8-4-9(19)10(5-11(8)29-6-16(22,23)24)28-3-1-2-25-15-12(18)13(14(20)21)26-7-27-15/h4-5,7,14H,1-3,6H2,(H,25,26,27). The molecule has 0 aliphatic carbocycles. The molecule has 0 amide bonds. The third kappa shape index (κ3) is 7.31. The van der Waals surface area contributed by atoms with E-state index in [-0.39, 0.29) is 46.1 Å². The highest BCUT2D eigenvalue weighted by Crippen LogP contribution is 2.36. The highest BCUT2D eigenvalue weighted by molar-refractivity contribution is 7.99. The third-order valence-corrected chi connectivity index (χ3v) is 5.19. The van der Waals surface area contributed by atoms with E-state index in [2.05, 4.69) is 15.3 Å². The second-order valence-corrected chi connectivity index (χ2v) is 7.27. The molecular weight excluding hydrogens is 467 g/mol. The summed E-state index contributed by atoms with van der Waals surface area (Å²) < 4.78 is 81.6. The zero-order valence-electron chi connectivity index (χ0n) is 14.4. The Labute approximate surface area is 176 Å². The molecule has 29 heavy (non-hydrogen) atoms. The molecule has 1 aromatic heterocycles. The van der Waals surface area contributed by atoms with Crippen molar-refractivity contribution in [3.63, 3.8) is 0 Å². The van der Waals surface area contributed by atoms with Gasteiger partial charge in [0.25, 0.3) is 6.43 Å². The zero-order chi connectivity index (χ0) is 21.6. The maximum Gasteiger partial charge on any atom is 0.398 e. The molecule has 1 aromatic carbocycles. The SMILES string of the molecule is Fc1cc(Cl)c(SCC(F)(F)F)cc1OCCCNc1ncnc(C(F)F)c1Cl. The number of alkyl halides is 5. The Morgan fingerprint density at radius 3 is 2.55 bits per heavy atom. The van der Waals surface area contributed by atoms with Crippen LogP contribution >= 0.6 is 35.0 Å². The van der Waals surface area contributed by atoms with Gasteiger partial charge in [-0.25, -0.2) is 23.1 Å². The smallest absolute Gasteiger partial charge is 0.398 e. The molecule has 160 valence electrons. The van der Waals surface area contributed by atoms with Crippen molar-refractivity contribution >= 4 is 40.8 Å². The molecule has 1 N–H and O–H groups in total. The molecule has 1 heterocycles. The van der Waals surface area contributed by atoms with Crippen LogP contribution in [0.2, 0.25) is 10.0 Å². The molecule has 2 aromatic rings. The van der Waals surface area contributed by atoms with E-state index in [1.54, 1.807) is 0 Å². The van der Waals surface area contributed by atoms with E-state index in [0.717, 1.165) is 18.5 Å². The van der Waals surface area contributed by atoms with E-state index >= 15 is 0 Å². The number of hydrogen-bond acceptors (Lipinski definition) is 5. The van der Waals surface area contributed by atoms with Crippen molar-refractivity contribution in [3.05, 3.63) is 40.0 Å². The Kier molecular flexibility index (Phi) is 8.53. The van der Waals surface area contributed by atoms with Crippen molar-refractivity contribution in [2.24, 2.45) is 0 Å². The summed E-state index contributed by atoms with van der Waals surface area (Å²) in [5.41, 5.74) is -0.604. The Bertz CT molecular complexity index is 841. The molecule has 0 aliphatic rings. The van der Waals surface area contributed by atoms with E-state index in [1.165, 1.54) is 0 Å². The highest BCUT2D eigenvalue weighted by atomic mass is 35.5. The summed E-state index contributed by atoms with van der Waals surface area (Å²) in [5.74, 6) is -2.23. The van der Waals surface area contributed by atoms with Gasteiger partial charge in [0.05, 0.1) is 17.4 Å². The molecular formula is C16H13Cl2F6N3OS. The largest absolute Gasteiger partial charge is 0.490 e. The number of ether oxygens (including phenoxy) is 1. The van der Waals surface area contributed by atoms with Crippen LogP contribution in [0.15, 0.2) is 23.4 Å².